The minimum atomic E-state index is -3.95. The molecule has 3 rings (SSSR count). The Labute approximate surface area is 164 Å². The summed E-state index contributed by atoms with van der Waals surface area (Å²) in [6, 6.07) is 12.3. The van der Waals surface area contributed by atoms with Gasteiger partial charge >= 0.3 is 0 Å². The first kappa shape index (κ1) is 19.8. The van der Waals surface area contributed by atoms with Crippen LogP contribution in [0.1, 0.15) is 16.8 Å². The van der Waals surface area contributed by atoms with Crippen LogP contribution in [0.5, 0.6) is 5.75 Å². The first-order valence-electron chi connectivity index (χ1n) is 8.69. The van der Waals surface area contributed by atoms with Crippen molar-refractivity contribution in [3.8, 4) is 11.4 Å². The molecular weight excluding hydrogens is 378 g/mol. The molecule has 0 aliphatic rings. The molecule has 1 N–H and O–H groups in total. The first-order valence-corrected chi connectivity index (χ1v) is 10.2. The Morgan fingerprint density at radius 2 is 1.64 bits per heavy atom. The number of rotatable bonds is 5. The second-order valence-electron chi connectivity index (χ2n) is 6.63. The fourth-order valence-electron chi connectivity index (χ4n) is 3.15. The molecule has 8 heteroatoms. The molecule has 0 atom stereocenters. The first-order chi connectivity index (χ1) is 13.2. The number of para-hydroxylation sites is 1. The van der Waals surface area contributed by atoms with E-state index in [-0.39, 0.29) is 10.6 Å². The van der Waals surface area contributed by atoms with Gasteiger partial charge in [-0.15, -0.1) is 0 Å². The Bertz CT molecular complexity index is 1190. The molecule has 0 radical (unpaired) electrons. The third kappa shape index (κ3) is 3.31. The lowest BCUT2D eigenvalue weighted by atomic mass is 10.1. The molecule has 0 amide bonds. The van der Waals surface area contributed by atoms with Crippen LogP contribution in [0.4, 0.5) is 5.69 Å². The molecule has 0 saturated heterocycles. The van der Waals surface area contributed by atoms with E-state index in [0.29, 0.717) is 28.3 Å². The molecule has 2 aromatic carbocycles. The Morgan fingerprint density at radius 3 is 2.25 bits per heavy atom. The van der Waals surface area contributed by atoms with Gasteiger partial charge in [-0.25, -0.2) is 13.1 Å². The number of ether oxygens (including phenoxy) is 1. The lowest BCUT2D eigenvalue weighted by molar-refractivity contribution is 0.411. The summed E-state index contributed by atoms with van der Waals surface area (Å²) in [5, 5.41) is 0. The van der Waals surface area contributed by atoms with Gasteiger partial charge in [-0.1, -0.05) is 18.2 Å². The van der Waals surface area contributed by atoms with Crippen molar-refractivity contribution < 1.29 is 13.2 Å². The molecular formula is C20H23N3O4S. The summed E-state index contributed by atoms with van der Waals surface area (Å²) in [6.45, 7) is 5.16. The third-order valence-electron chi connectivity index (χ3n) is 4.77. The maximum absolute atomic E-state index is 13.0. The Kier molecular flexibility index (Phi) is 5.08. The smallest absolute Gasteiger partial charge is 0.296 e. The van der Waals surface area contributed by atoms with Gasteiger partial charge in [-0.2, -0.15) is 0 Å². The highest BCUT2D eigenvalue weighted by Gasteiger charge is 2.24. The molecule has 0 spiro atoms. The van der Waals surface area contributed by atoms with Gasteiger partial charge in [0, 0.05) is 7.05 Å². The second kappa shape index (κ2) is 7.20. The number of benzene rings is 2. The molecule has 148 valence electrons. The van der Waals surface area contributed by atoms with Crippen molar-refractivity contribution in [3.63, 3.8) is 0 Å². The van der Waals surface area contributed by atoms with Gasteiger partial charge in [0.15, 0.2) is 0 Å². The zero-order valence-corrected chi connectivity index (χ0v) is 17.3. The molecule has 7 nitrogen and oxygen atoms in total. The summed E-state index contributed by atoms with van der Waals surface area (Å²) < 4.78 is 36.8. The van der Waals surface area contributed by atoms with Crippen LogP contribution >= 0.6 is 0 Å². The molecule has 0 aliphatic carbocycles. The SMILES string of the molecule is COc1cc(C)c(S(=O)(=O)Nc2c(C)n(C)n(-c3ccccc3)c2=O)cc1C. The van der Waals surface area contributed by atoms with Crippen molar-refractivity contribution >= 4 is 15.7 Å². The minimum Gasteiger partial charge on any atom is -0.496 e. The monoisotopic (exact) mass is 401 g/mol. The molecule has 1 heterocycles. The molecule has 0 aliphatic heterocycles. The molecule has 3 aromatic rings. The van der Waals surface area contributed by atoms with Crippen LogP contribution in [0.15, 0.2) is 52.2 Å². The number of nitrogens with one attached hydrogen (secondary N) is 1. The Morgan fingerprint density at radius 1 is 1.00 bits per heavy atom. The lowest BCUT2D eigenvalue weighted by Gasteiger charge is -2.13. The number of anilines is 1. The molecule has 0 saturated carbocycles. The standard InChI is InChI=1S/C20H23N3O4S/c1-13-12-18(14(2)11-17(13)27-5)28(25,26)21-19-15(3)22(4)23(20(19)24)16-9-7-6-8-10-16/h6-12,21H,1-5H3. The highest BCUT2D eigenvalue weighted by Crippen LogP contribution is 2.27. The number of methoxy groups -OCH3 is 1. The van der Waals surface area contributed by atoms with Crippen molar-refractivity contribution in [3.05, 3.63) is 69.6 Å². The van der Waals surface area contributed by atoms with E-state index in [4.69, 9.17) is 4.74 Å². The maximum Gasteiger partial charge on any atom is 0.296 e. The van der Waals surface area contributed by atoms with Gasteiger partial charge in [0.1, 0.15) is 11.4 Å². The van der Waals surface area contributed by atoms with Crippen LogP contribution in [0, 0.1) is 20.8 Å². The third-order valence-corrected chi connectivity index (χ3v) is 6.26. The average molecular weight is 401 g/mol. The Balaban J connectivity index is 2.10. The largest absolute Gasteiger partial charge is 0.496 e. The van der Waals surface area contributed by atoms with Gasteiger partial charge < -0.3 is 4.74 Å². The van der Waals surface area contributed by atoms with Crippen molar-refractivity contribution in [2.24, 2.45) is 7.05 Å². The van der Waals surface area contributed by atoms with Crippen molar-refractivity contribution in [1.82, 2.24) is 9.36 Å². The molecule has 0 fully saturated rings. The van der Waals surface area contributed by atoms with Crippen LogP contribution in [-0.4, -0.2) is 24.9 Å². The van der Waals surface area contributed by atoms with Gasteiger partial charge in [0.05, 0.1) is 23.4 Å². The molecule has 0 bridgehead atoms. The maximum atomic E-state index is 13.0. The van der Waals surface area contributed by atoms with Gasteiger partial charge in [0.25, 0.3) is 15.6 Å². The number of aryl methyl sites for hydroxylation is 2. The predicted molar refractivity (Wildman–Crippen MR) is 109 cm³/mol. The quantitative estimate of drug-likeness (QED) is 0.713. The van der Waals surface area contributed by atoms with Crippen molar-refractivity contribution in [1.29, 1.82) is 0 Å². The highest BCUT2D eigenvalue weighted by molar-refractivity contribution is 7.92. The van der Waals surface area contributed by atoms with E-state index in [1.165, 1.54) is 11.8 Å². The molecule has 28 heavy (non-hydrogen) atoms. The predicted octanol–water partition coefficient (Wildman–Crippen LogP) is 2.91. The topological polar surface area (TPSA) is 82.3 Å². The summed E-state index contributed by atoms with van der Waals surface area (Å²) in [5.41, 5.74) is 1.99. The van der Waals surface area contributed by atoms with Crippen LogP contribution < -0.4 is 15.0 Å². The van der Waals surface area contributed by atoms with Crippen LogP contribution in [0.3, 0.4) is 0 Å². The fourth-order valence-corrected chi connectivity index (χ4v) is 4.58. The number of nitrogens with zero attached hydrogens (tertiary/aromatic N) is 2. The van der Waals surface area contributed by atoms with E-state index in [9.17, 15) is 13.2 Å². The van der Waals surface area contributed by atoms with E-state index in [1.807, 2.05) is 18.2 Å². The zero-order chi connectivity index (χ0) is 20.6. The summed E-state index contributed by atoms with van der Waals surface area (Å²) in [4.78, 5) is 13.1. The summed E-state index contributed by atoms with van der Waals surface area (Å²) in [7, 11) is -0.706. The molecule has 1 aromatic heterocycles. The normalized spacial score (nSPS) is 11.5. The highest BCUT2D eigenvalue weighted by atomic mass is 32.2. The minimum absolute atomic E-state index is 0.0271. The number of hydrogen-bond acceptors (Lipinski definition) is 4. The van der Waals surface area contributed by atoms with E-state index >= 15 is 0 Å². The lowest BCUT2D eigenvalue weighted by Crippen LogP contribution is -2.23. The van der Waals surface area contributed by atoms with E-state index < -0.39 is 15.6 Å². The van der Waals surface area contributed by atoms with Crippen LogP contribution in [0.2, 0.25) is 0 Å². The van der Waals surface area contributed by atoms with Gasteiger partial charge in [0.2, 0.25) is 0 Å². The van der Waals surface area contributed by atoms with Crippen molar-refractivity contribution in [2.75, 3.05) is 11.8 Å². The van der Waals surface area contributed by atoms with Crippen molar-refractivity contribution in [2.45, 2.75) is 25.7 Å². The zero-order valence-electron chi connectivity index (χ0n) is 16.5. The summed E-state index contributed by atoms with van der Waals surface area (Å²) in [6.07, 6.45) is 0. The van der Waals surface area contributed by atoms with Gasteiger partial charge in [-0.3, -0.25) is 14.2 Å². The number of hydrogen-bond donors (Lipinski definition) is 1. The number of aromatic nitrogens is 2. The second-order valence-corrected chi connectivity index (χ2v) is 8.28. The summed E-state index contributed by atoms with van der Waals surface area (Å²) in [5.74, 6) is 0.610. The van der Waals surface area contributed by atoms with E-state index in [2.05, 4.69) is 4.72 Å². The number of sulfonamides is 1. The Hall–Kier alpha value is -3.00. The van der Waals surface area contributed by atoms with E-state index in [0.717, 1.165) is 0 Å². The molecule has 0 unspecified atom stereocenters. The fraction of sp³-hybridized carbons (Fsp3) is 0.250. The van der Waals surface area contributed by atoms with Crippen LogP contribution in [-0.2, 0) is 17.1 Å². The average Bonchev–Trinajstić information content (AvgIpc) is 2.87. The van der Waals surface area contributed by atoms with E-state index in [1.54, 1.807) is 56.8 Å². The summed E-state index contributed by atoms with van der Waals surface area (Å²) >= 11 is 0. The van der Waals surface area contributed by atoms with Crippen LogP contribution in [0.25, 0.3) is 5.69 Å². The van der Waals surface area contributed by atoms with Gasteiger partial charge in [-0.05, 0) is 56.2 Å².